The summed E-state index contributed by atoms with van der Waals surface area (Å²) in [7, 11) is 0. The van der Waals surface area contributed by atoms with Crippen LogP contribution < -0.4 is 0 Å². The number of aromatic nitrogens is 2. The smallest absolute Gasteiger partial charge is 0.142 e. The quantitative estimate of drug-likeness (QED) is 0.646. The zero-order valence-corrected chi connectivity index (χ0v) is 9.54. The van der Waals surface area contributed by atoms with Gasteiger partial charge in [0.05, 0.1) is 5.52 Å². The van der Waals surface area contributed by atoms with E-state index in [9.17, 15) is 0 Å². The Morgan fingerprint density at radius 3 is 2.61 bits per heavy atom. The second-order valence-electron chi connectivity index (χ2n) is 3.92. The first-order chi connectivity index (χ1) is 8.88. The average Bonchev–Trinajstić information content (AvgIpc) is 2.47. The van der Waals surface area contributed by atoms with Gasteiger partial charge < -0.3 is 0 Å². The number of rotatable bonds is 1. The number of hydrogen-bond acceptors (Lipinski definition) is 3. The second-order valence-corrected chi connectivity index (χ2v) is 3.92. The topological polar surface area (TPSA) is 49.6 Å². The fraction of sp³-hybridized carbons (Fsp3) is 0. The summed E-state index contributed by atoms with van der Waals surface area (Å²) in [4.78, 5) is 8.40. The molecular formula is C15H9N3. The normalized spacial score (nSPS) is 10.2. The van der Waals surface area contributed by atoms with Crippen LogP contribution in [0.4, 0.5) is 0 Å². The number of fused-ring (bicyclic) bond motifs is 1. The van der Waals surface area contributed by atoms with Crippen LogP contribution in [0, 0.1) is 11.3 Å². The van der Waals surface area contributed by atoms with Crippen molar-refractivity contribution < 1.29 is 0 Å². The molecule has 0 saturated carbocycles. The van der Waals surface area contributed by atoms with E-state index in [1.54, 1.807) is 18.5 Å². The van der Waals surface area contributed by atoms with Gasteiger partial charge in [0.25, 0.3) is 0 Å². The maximum atomic E-state index is 8.84. The Morgan fingerprint density at radius 2 is 1.83 bits per heavy atom. The molecule has 0 amide bonds. The third-order valence-corrected chi connectivity index (χ3v) is 2.83. The van der Waals surface area contributed by atoms with E-state index in [1.807, 2.05) is 42.5 Å². The van der Waals surface area contributed by atoms with E-state index in [4.69, 9.17) is 5.26 Å². The summed E-state index contributed by atoms with van der Waals surface area (Å²) in [5.74, 6) is 0. The van der Waals surface area contributed by atoms with Crippen LogP contribution in [0.1, 0.15) is 5.69 Å². The number of nitrogens with zero attached hydrogens (tertiary/aromatic N) is 3. The molecule has 0 spiro atoms. The van der Waals surface area contributed by atoms with Gasteiger partial charge in [0.1, 0.15) is 11.8 Å². The molecule has 0 N–H and O–H groups in total. The van der Waals surface area contributed by atoms with Crippen molar-refractivity contribution in [3.8, 4) is 17.2 Å². The first kappa shape index (κ1) is 10.4. The Labute approximate surface area is 104 Å². The third-order valence-electron chi connectivity index (χ3n) is 2.83. The highest BCUT2D eigenvalue weighted by Crippen LogP contribution is 2.26. The fourth-order valence-electron chi connectivity index (χ4n) is 1.97. The summed E-state index contributed by atoms with van der Waals surface area (Å²) in [6.45, 7) is 0. The zero-order chi connectivity index (χ0) is 12.4. The third kappa shape index (κ3) is 1.70. The maximum absolute atomic E-state index is 8.84. The molecule has 0 aliphatic carbocycles. The minimum absolute atomic E-state index is 0.389. The molecule has 3 rings (SSSR count). The first-order valence-corrected chi connectivity index (χ1v) is 5.59. The van der Waals surface area contributed by atoms with E-state index in [1.165, 1.54) is 0 Å². The average molecular weight is 231 g/mol. The summed E-state index contributed by atoms with van der Waals surface area (Å²) in [6.07, 6.45) is 3.47. The van der Waals surface area contributed by atoms with Crippen molar-refractivity contribution in [3.05, 3.63) is 60.6 Å². The standard InChI is InChI=1S/C15H9N3/c16-9-12-8-15-14(10-18-12)13(6-7-17-15)11-4-2-1-3-5-11/h1-8,10H. The molecule has 0 bridgehead atoms. The molecule has 0 unspecified atom stereocenters. The minimum atomic E-state index is 0.389. The van der Waals surface area contributed by atoms with Crippen LogP contribution in [-0.4, -0.2) is 9.97 Å². The molecule has 3 nitrogen and oxygen atoms in total. The maximum Gasteiger partial charge on any atom is 0.142 e. The van der Waals surface area contributed by atoms with Crippen molar-refractivity contribution >= 4 is 10.9 Å². The molecule has 2 aromatic heterocycles. The van der Waals surface area contributed by atoms with E-state index in [0.717, 1.165) is 22.0 Å². The molecule has 0 aliphatic heterocycles. The summed E-state index contributed by atoms with van der Waals surface area (Å²) < 4.78 is 0. The Morgan fingerprint density at radius 1 is 1.00 bits per heavy atom. The number of hydrogen-bond donors (Lipinski definition) is 0. The molecule has 3 aromatic rings. The molecule has 1 aromatic carbocycles. The summed E-state index contributed by atoms with van der Waals surface area (Å²) in [6, 6.07) is 15.8. The van der Waals surface area contributed by atoms with Crippen LogP contribution in [0.2, 0.25) is 0 Å². The highest BCUT2D eigenvalue weighted by atomic mass is 14.7. The fourth-order valence-corrected chi connectivity index (χ4v) is 1.97. The summed E-state index contributed by atoms with van der Waals surface area (Å²) in [5, 5.41) is 9.80. The van der Waals surface area contributed by atoms with Crippen molar-refractivity contribution in [2.24, 2.45) is 0 Å². The lowest BCUT2D eigenvalue weighted by atomic mass is 10.0. The summed E-state index contributed by atoms with van der Waals surface area (Å²) >= 11 is 0. The molecule has 0 saturated heterocycles. The van der Waals surface area contributed by atoms with Crippen molar-refractivity contribution in [2.75, 3.05) is 0 Å². The second kappa shape index (κ2) is 4.27. The minimum Gasteiger partial charge on any atom is -0.256 e. The van der Waals surface area contributed by atoms with Gasteiger partial charge in [0.2, 0.25) is 0 Å². The summed E-state index contributed by atoms with van der Waals surface area (Å²) in [5.41, 5.74) is 3.39. The number of nitriles is 1. The van der Waals surface area contributed by atoms with Crippen molar-refractivity contribution in [3.63, 3.8) is 0 Å². The van der Waals surface area contributed by atoms with E-state index in [-0.39, 0.29) is 0 Å². The van der Waals surface area contributed by atoms with Gasteiger partial charge in [0.15, 0.2) is 0 Å². The van der Waals surface area contributed by atoms with E-state index in [0.29, 0.717) is 5.69 Å². The number of benzene rings is 1. The van der Waals surface area contributed by atoms with Gasteiger partial charge in [-0.15, -0.1) is 0 Å². The Kier molecular flexibility index (Phi) is 2.47. The largest absolute Gasteiger partial charge is 0.256 e. The lowest BCUT2D eigenvalue weighted by Crippen LogP contribution is -1.88. The van der Waals surface area contributed by atoms with E-state index < -0.39 is 0 Å². The van der Waals surface area contributed by atoms with Gasteiger partial charge in [0, 0.05) is 23.8 Å². The highest BCUT2D eigenvalue weighted by molar-refractivity contribution is 5.93. The molecule has 3 heteroatoms. The molecule has 0 atom stereocenters. The Balaban J connectivity index is 2.29. The van der Waals surface area contributed by atoms with E-state index >= 15 is 0 Å². The lowest BCUT2D eigenvalue weighted by molar-refractivity contribution is 1.27. The lowest BCUT2D eigenvalue weighted by Gasteiger charge is -2.05. The van der Waals surface area contributed by atoms with Gasteiger partial charge in [-0.3, -0.25) is 4.98 Å². The SMILES string of the molecule is N#Cc1cc2nccc(-c3ccccc3)c2cn1. The van der Waals surface area contributed by atoms with Crippen LogP contribution in [-0.2, 0) is 0 Å². The number of pyridine rings is 2. The van der Waals surface area contributed by atoms with Crippen LogP contribution in [0.25, 0.3) is 22.0 Å². The van der Waals surface area contributed by atoms with Gasteiger partial charge >= 0.3 is 0 Å². The highest BCUT2D eigenvalue weighted by Gasteiger charge is 2.05. The van der Waals surface area contributed by atoms with Gasteiger partial charge in [-0.25, -0.2) is 4.98 Å². The monoisotopic (exact) mass is 231 g/mol. The first-order valence-electron chi connectivity index (χ1n) is 5.59. The van der Waals surface area contributed by atoms with E-state index in [2.05, 4.69) is 9.97 Å². The van der Waals surface area contributed by atoms with Crippen molar-refractivity contribution in [1.82, 2.24) is 9.97 Å². The predicted molar refractivity (Wildman–Crippen MR) is 69.7 cm³/mol. The molecule has 84 valence electrons. The van der Waals surface area contributed by atoms with Gasteiger partial charge in [-0.2, -0.15) is 5.26 Å². The van der Waals surface area contributed by atoms with Crippen LogP contribution in [0.15, 0.2) is 54.9 Å². The van der Waals surface area contributed by atoms with Crippen molar-refractivity contribution in [1.29, 1.82) is 5.26 Å². The van der Waals surface area contributed by atoms with Crippen LogP contribution >= 0.6 is 0 Å². The molecule has 2 heterocycles. The molecule has 0 radical (unpaired) electrons. The van der Waals surface area contributed by atoms with Crippen LogP contribution in [0.3, 0.4) is 0 Å². The Hall–Kier alpha value is -2.73. The molecule has 0 aliphatic rings. The predicted octanol–water partition coefficient (Wildman–Crippen LogP) is 3.17. The zero-order valence-electron chi connectivity index (χ0n) is 9.54. The van der Waals surface area contributed by atoms with Crippen LogP contribution in [0.5, 0.6) is 0 Å². The molecule has 18 heavy (non-hydrogen) atoms. The van der Waals surface area contributed by atoms with Crippen molar-refractivity contribution in [2.45, 2.75) is 0 Å². The molecule has 0 fully saturated rings. The Bertz CT molecular complexity index is 743. The molecular weight excluding hydrogens is 222 g/mol. The van der Waals surface area contributed by atoms with Gasteiger partial charge in [-0.05, 0) is 17.2 Å². The van der Waals surface area contributed by atoms with Gasteiger partial charge in [-0.1, -0.05) is 30.3 Å².